The van der Waals surface area contributed by atoms with E-state index in [1.165, 1.54) is 12.4 Å². The molecule has 0 aromatic carbocycles. The second-order valence-electron chi connectivity index (χ2n) is 3.73. The van der Waals surface area contributed by atoms with Crippen molar-refractivity contribution in [1.82, 2.24) is 19.6 Å². The highest BCUT2D eigenvalue weighted by Crippen LogP contribution is 2.08. The van der Waals surface area contributed by atoms with Gasteiger partial charge in [0.15, 0.2) is 0 Å². The summed E-state index contributed by atoms with van der Waals surface area (Å²) in [5, 5.41) is 5.59. The first-order valence-corrected chi connectivity index (χ1v) is 6.98. The minimum atomic E-state index is -3.51. The van der Waals surface area contributed by atoms with Crippen molar-refractivity contribution in [2.75, 3.05) is 26.3 Å². The quantitative estimate of drug-likeness (QED) is 0.784. The van der Waals surface area contributed by atoms with Gasteiger partial charge in [-0.2, -0.15) is 5.10 Å². The monoisotopic (exact) mass is 260 g/mol. The van der Waals surface area contributed by atoms with Crippen molar-refractivity contribution in [3.8, 4) is 0 Å². The van der Waals surface area contributed by atoms with E-state index in [-0.39, 0.29) is 4.90 Å². The summed E-state index contributed by atoms with van der Waals surface area (Å²) in [5.74, 6) is 0. The third-order valence-electron chi connectivity index (χ3n) is 2.50. The van der Waals surface area contributed by atoms with E-state index in [4.69, 9.17) is 4.74 Å². The molecule has 0 saturated carbocycles. The normalized spacial score (nSPS) is 18.4. The van der Waals surface area contributed by atoms with Crippen LogP contribution in [0.4, 0.5) is 0 Å². The number of aryl methyl sites for hydroxylation is 1. The van der Waals surface area contributed by atoms with Gasteiger partial charge >= 0.3 is 0 Å². The highest BCUT2D eigenvalue weighted by molar-refractivity contribution is 7.89. The molecular weight excluding hydrogens is 244 g/mol. The van der Waals surface area contributed by atoms with E-state index in [2.05, 4.69) is 9.93 Å². The van der Waals surface area contributed by atoms with Crippen LogP contribution in [0.25, 0.3) is 0 Å². The molecule has 2 rings (SSSR count). The summed E-state index contributed by atoms with van der Waals surface area (Å²) >= 11 is 0. The summed E-state index contributed by atoms with van der Waals surface area (Å²) in [6, 6.07) is 0. The van der Waals surface area contributed by atoms with Crippen molar-refractivity contribution in [2.45, 2.75) is 18.4 Å². The van der Waals surface area contributed by atoms with E-state index in [1.807, 2.05) is 6.92 Å². The van der Waals surface area contributed by atoms with Gasteiger partial charge in [-0.3, -0.25) is 4.68 Å². The first-order chi connectivity index (χ1) is 8.12. The smallest absolute Gasteiger partial charge is 0.256 e. The van der Waals surface area contributed by atoms with Crippen molar-refractivity contribution in [2.24, 2.45) is 0 Å². The molecule has 0 radical (unpaired) electrons. The molecule has 1 aliphatic heterocycles. The highest BCUT2D eigenvalue weighted by Gasteiger charge is 2.21. The molecular formula is C9H16N4O3S. The Morgan fingerprint density at radius 2 is 2.18 bits per heavy atom. The molecule has 0 spiro atoms. The molecule has 1 N–H and O–H groups in total. The lowest BCUT2D eigenvalue weighted by molar-refractivity contribution is 0.0272. The van der Waals surface area contributed by atoms with Crippen LogP contribution in [0, 0.1) is 0 Å². The highest BCUT2D eigenvalue weighted by atomic mass is 32.2. The zero-order chi connectivity index (χ0) is 12.3. The van der Waals surface area contributed by atoms with Gasteiger partial charge < -0.3 is 4.74 Å². The second kappa shape index (κ2) is 5.13. The van der Waals surface area contributed by atoms with Crippen molar-refractivity contribution in [1.29, 1.82) is 0 Å². The standard InChI is InChI=1S/C9H16N4O3S/c1-2-12-8-9(7-10-12)17(14,15)11-13-3-5-16-6-4-13/h7-8,11H,2-6H2,1H3. The molecule has 8 heteroatoms. The topological polar surface area (TPSA) is 76.5 Å². The fraction of sp³-hybridized carbons (Fsp3) is 0.667. The molecule has 0 unspecified atom stereocenters. The number of morpholine rings is 1. The van der Waals surface area contributed by atoms with Crippen LogP contribution >= 0.6 is 0 Å². The summed E-state index contributed by atoms with van der Waals surface area (Å²) in [4.78, 5) is 2.71. The van der Waals surface area contributed by atoms with Crippen LogP contribution in [0.5, 0.6) is 0 Å². The molecule has 1 saturated heterocycles. The van der Waals surface area contributed by atoms with Gasteiger partial charge in [-0.15, -0.1) is 4.83 Å². The van der Waals surface area contributed by atoms with Gasteiger partial charge in [0, 0.05) is 25.8 Å². The van der Waals surface area contributed by atoms with Gasteiger partial charge in [0.25, 0.3) is 10.0 Å². The maximum absolute atomic E-state index is 12.0. The van der Waals surface area contributed by atoms with Crippen LogP contribution in [0.1, 0.15) is 6.92 Å². The predicted molar refractivity (Wildman–Crippen MR) is 60.6 cm³/mol. The average molecular weight is 260 g/mol. The van der Waals surface area contributed by atoms with E-state index in [1.54, 1.807) is 9.69 Å². The third kappa shape index (κ3) is 3.03. The van der Waals surface area contributed by atoms with Gasteiger partial charge in [-0.05, 0) is 6.92 Å². The van der Waals surface area contributed by atoms with Crippen LogP contribution in [-0.2, 0) is 21.3 Å². The van der Waals surface area contributed by atoms with Crippen molar-refractivity contribution in [3.05, 3.63) is 12.4 Å². The van der Waals surface area contributed by atoms with E-state index >= 15 is 0 Å². The van der Waals surface area contributed by atoms with Gasteiger partial charge in [-0.1, -0.05) is 0 Å². The predicted octanol–water partition coefficient (Wildman–Crippen LogP) is -0.571. The molecule has 1 aliphatic rings. The first-order valence-electron chi connectivity index (χ1n) is 5.49. The van der Waals surface area contributed by atoms with Crippen LogP contribution in [0.15, 0.2) is 17.3 Å². The van der Waals surface area contributed by atoms with Crippen LogP contribution in [0.3, 0.4) is 0 Å². The first kappa shape index (κ1) is 12.5. The Labute approximate surface area is 100 Å². The summed E-state index contributed by atoms with van der Waals surface area (Å²) in [5.41, 5.74) is 0. The lowest BCUT2D eigenvalue weighted by Crippen LogP contribution is -2.48. The number of nitrogens with one attached hydrogen (secondary N) is 1. The van der Waals surface area contributed by atoms with Gasteiger partial charge in [0.2, 0.25) is 0 Å². The molecule has 0 bridgehead atoms. The summed E-state index contributed by atoms with van der Waals surface area (Å²) < 4.78 is 30.7. The Morgan fingerprint density at radius 3 is 2.76 bits per heavy atom. The number of hydrazine groups is 1. The largest absolute Gasteiger partial charge is 0.379 e. The molecule has 1 aromatic heterocycles. The van der Waals surface area contributed by atoms with Gasteiger partial charge in [0.1, 0.15) is 4.90 Å². The molecule has 1 aromatic rings. The molecule has 2 heterocycles. The Balaban J connectivity index is 2.07. The lowest BCUT2D eigenvalue weighted by atomic mass is 10.5. The number of ether oxygens (including phenoxy) is 1. The van der Waals surface area contributed by atoms with Crippen molar-refractivity contribution < 1.29 is 13.2 Å². The van der Waals surface area contributed by atoms with Crippen molar-refractivity contribution in [3.63, 3.8) is 0 Å². The van der Waals surface area contributed by atoms with Crippen molar-refractivity contribution >= 4 is 10.0 Å². The minimum absolute atomic E-state index is 0.186. The summed E-state index contributed by atoms with van der Waals surface area (Å²) in [7, 11) is -3.51. The maximum atomic E-state index is 12.0. The van der Waals surface area contributed by atoms with E-state index in [0.29, 0.717) is 32.8 Å². The van der Waals surface area contributed by atoms with E-state index < -0.39 is 10.0 Å². The fourth-order valence-electron chi connectivity index (χ4n) is 1.53. The third-order valence-corrected chi connectivity index (χ3v) is 3.83. The Hall–Kier alpha value is -0.960. The summed E-state index contributed by atoms with van der Waals surface area (Å²) in [6.45, 7) is 4.74. The molecule has 17 heavy (non-hydrogen) atoms. The van der Waals surface area contributed by atoms with Crippen LogP contribution in [0.2, 0.25) is 0 Å². The maximum Gasteiger partial charge on any atom is 0.256 e. The number of sulfonamides is 1. The van der Waals surface area contributed by atoms with Gasteiger partial charge in [-0.25, -0.2) is 13.4 Å². The lowest BCUT2D eigenvalue weighted by Gasteiger charge is -2.26. The number of hydrogen-bond acceptors (Lipinski definition) is 5. The zero-order valence-electron chi connectivity index (χ0n) is 9.66. The van der Waals surface area contributed by atoms with E-state index in [9.17, 15) is 8.42 Å². The molecule has 0 amide bonds. The number of nitrogens with zero attached hydrogens (tertiary/aromatic N) is 3. The zero-order valence-corrected chi connectivity index (χ0v) is 10.5. The second-order valence-corrected chi connectivity index (χ2v) is 5.39. The Kier molecular flexibility index (Phi) is 3.77. The average Bonchev–Trinajstić information content (AvgIpc) is 2.79. The SMILES string of the molecule is CCn1cc(S(=O)(=O)NN2CCOCC2)cn1. The molecule has 7 nitrogen and oxygen atoms in total. The number of aromatic nitrogens is 2. The summed E-state index contributed by atoms with van der Waals surface area (Å²) in [6.07, 6.45) is 2.87. The van der Waals surface area contributed by atoms with Gasteiger partial charge in [0.05, 0.1) is 19.4 Å². The van der Waals surface area contributed by atoms with Crippen LogP contribution < -0.4 is 4.83 Å². The Bertz CT molecular complexity index is 464. The fourth-order valence-corrected chi connectivity index (χ4v) is 2.61. The van der Waals surface area contributed by atoms with E-state index in [0.717, 1.165) is 0 Å². The number of hydrogen-bond donors (Lipinski definition) is 1. The molecule has 0 aliphatic carbocycles. The Morgan fingerprint density at radius 1 is 1.47 bits per heavy atom. The molecule has 96 valence electrons. The number of rotatable bonds is 4. The molecule has 0 atom stereocenters. The molecule has 1 fully saturated rings. The van der Waals surface area contributed by atoms with Crippen LogP contribution in [-0.4, -0.2) is 49.5 Å². The minimum Gasteiger partial charge on any atom is -0.379 e.